The summed E-state index contributed by atoms with van der Waals surface area (Å²) in [6.07, 6.45) is -0.453. The molecular formula is C23H23ClN2O4S. The van der Waals surface area contributed by atoms with Crippen LogP contribution in [-0.2, 0) is 14.8 Å². The SMILES string of the molecule is CC1CN(S(=O)(=O)c2cc(C(=O)Nc3cccc4ccccc34)ccc2Cl)CC(C)O1. The Kier molecular flexibility index (Phi) is 6.03. The average molecular weight is 459 g/mol. The van der Waals surface area contributed by atoms with Gasteiger partial charge in [0.15, 0.2) is 0 Å². The molecule has 0 radical (unpaired) electrons. The van der Waals surface area contributed by atoms with E-state index in [1.165, 1.54) is 22.5 Å². The van der Waals surface area contributed by atoms with Crippen molar-refractivity contribution in [3.05, 3.63) is 71.2 Å². The number of amides is 1. The third kappa shape index (κ3) is 4.45. The lowest BCUT2D eigenvalue weighted by molar-refractivity contribution is -0.0440. The van der Waals surface area contributed by atoms with Gasteiger partial charge in [0.1, 0.15) is 4.90 Å². The van der Waals surface area contributed by atoms with Crippen LogP contribution in [0.5, 0.6) is 0 Å². The lowest BCUT2D eigenvalue weighted by atomic mass is 10.1. The molecule has 3 aromatic rings. The van der Waals surface area contributed by atoms with Crippen molar-refractivity contribution in [2.75, 3.05) is 18.4 Å². The van der Waals surface area contributed by atoms with E-state index >= 15 is 0 Å². The highest BCUT2D eigenvalue weighted by Gasteiger charge is 2.33. The topological polar surface area (TPSA) is 75.7 Å². The average Bonchev–Trinajstić information content (AvgIpc) is 2.73. The van der Waals surface area contributed by atoms with Crippen molar-refractivity contribution in [1.29, 1.82) is 0 Å². The highest BCUT2D eigenvalue weighted by Crippen LogP contribution is 2.29. The van der Waals surface area contributed by atoms with Gasteiger partial charge in [-0.2, -0.15) is 4.31 Å². The number of benzene rings is 3. The molecule has 1 aliphatic heterocycles. The van der Waals surface area contributed by atoms with E-state index in [0.29, 0.717) is 5.69 Å². The van der Waals surface area contributed by atoms with Crippen LogP contribution in [0.3, 0.4) is 0 Å². The molecule has 1 heterocycles. The summed E-state index contributed by atoms with van der Waals surface area (Å²) < 4.78 is 33.5. The summed E-state index contributed by atoms with van der Waals surface area (Å²) in [6, 6.07) is 17.6. The first-order valence-corrected chi connectivity index (χ1v) is 11.8. The Bertz CT molecular complexity index is 1230. The molecule has 1 fully saturated rings. The number of hydrogen-bond donors (Lipinski definition) is 1. The second kappa shape index (κ2) is 8.59. The predicted molar refractivity (Wildman–Crippen MR) is 122 cm³/mol. The van der Waals surface area contributed by atoms with Crippen LogP contribution in [0.25, 0.3) is 10.8 Å². The van der Waals surface area contributed by atoms with Crippen LogP contribution < -0.4 is 5.32 Å². The van der Waals surface area contributed by atoms with Crippen LogP contribution in [0.1, 0.15) is 24.2 Å². The number of halogens is 1. The summed E-state index contributed by atoms with van der Waals surface area (Å²) >= 11 is 6.25. The third-order valence-corrected chi connectivity index (χ3v) is 7.55. The molecule has 31 heavy (non-hydrogen) atoms. The van der Waals surface area contributed by atoms with Crippen LogP contribution in [0.4, 0.5) is 5.69 Å². The highest BCUT2D eigenvalue weighted by molar-refractivity contribution is 7.89. The number of carbonyl (C=O) groups excluding carboxylic acids is 1. The Balaban J connectivity index is 1.65. The molecule has 1 amide bonds. The van der Waals surface area contributed by atoms with Gasteiger partial charge in [-0.15, -0.1) is 0 Å². The summed E-state index contributed by atoms with van der Waals surface area (Å²) in [6.45, 7) is 4.12. The van der Waals surface area contributed by atoms with Crippen molar-refractivity contribution in [2.45, 2.75) is 31.0 Å². The van der Waals surface area contributed by atoms with E-state index in [-0.39, 0.29) is 40.8 Å². The highest BCUT2D eigenvalue weighted by atomic mass is 35.5. The van der Waals surface area contributed by atoms with Gasteiger partial charge >= 0.3 is 0 Å². The second-order valence-corrected chi connectivity index (χ2v) is 10.0. The lowest BCUT2D eigenvalue weighted by Gasteiger charge is -2.34. The summed E-state index contributed by atoms with van der Waals surface area (Å²) in [7, 11) is -3.88. The van der Waals surface area contributed by atoms with E-state index < -0.39 is 15.9 Å². The number of hydrogen-bond acceptors (Lipinski definition) is 4. The van der Waals surface area contributed by atoms with Gasteiger partial charge in [0.05, 0.1) is 17.2 Å². The fourth-order valence-electron chi connectivity index (χ4n) is 3.84. The number of nitrogens with one attached hydrogen (secondary N) is 1. The van der Waals surface area contributed by atoms with Crippen molar-refractivity contribution in [3.63, 3.8) is 0 Å². The second-order valence-electron chi connectivity index (χ2n) is 7.71. The van der Waals surface area contributed by atoms with Crippen molar-refractivity contribution in [3.8, 4) is 0 Å². The van der Waals surface area contributed by atoms with Crippen molar-refractivity contribution in [2.24, 2.45) is 0 Å². The monoisotopic (exact) mass is 458 g/mol. The third-order valence-electron chi connectivity index (χ3n) is 5.24. The summed E-state index contributed by atoms with van der Waals surface area (Å²) in [5.41, 5.74) is 0.864. The molecule has 1 aliphatic rings. The van der Waals surface area contributed by atoms with Gasteiger partial charge in [-0.25, -0.2) is 8.42 Å². The first-order chi connectivity index (χ1) is 14.8. The summed E-state index contributed by atoms with van der Waals surface area (Å²) in [5.74, 6) is -0.409. The zero-order valence-corrected chi connectivity index (χ0v) is 18.8. The standard InChI is InChI=1S/C23H23ClN2O4S/c1-15-13-26(14-16(2)30-15)31(28,29)22-12-18(10-11-20(22)24)23(27)25-21-9-5-7-17-6-3-4-8-19(17)21/h3-12,15-16H,13-14H2,1-2H3,(H,25,27). The number of morpholine rings is 1. The maximum absolute atomic E-state index is 13.3. The molecule has 1 saturated heterocycles. The Labute approximate surface area is 186 Å². The summed E-state index contributed by atoms with van der Waals surface area (Å²) in [4.78, 5) is 12.9. The Hall–Kier alpha value is -2.45. The maximum Gasteiger partial charge on any atom is 0.255 e. The van der Waals surface area contributed by atoms with Crippen molar-refractivity contribution < 1.29 is 17.9 Å². The largest absolute Gasteiger partial charge is 0.373 e. The van der Waals surface area contributed by atoms with E-state index in [9.17, 15) is 13.2 Å². The molecule has 0 bridgehead atoms. The quantitative estimate of drug-likeness (QED) is 0.622. The first kappa shape index (κ1) is 21.8. The van der Waals surface area contributed by atoms with Gasteiger partial charge < -0.3 is 10.1 Å². The van der Waals surface area contributed by atoms with Crippen LogP contribution in [0, 0.1) is 0 Å². The van der Waals surface area contributed by atoms with Gasteiger partial charge in [-0.3, -0.25) is 4.79 Å². The molecule has 3 aromatic carbocycles. The number of nitrogens with zero attached hydrogens (tertiary/aromatic N) is 1. The molecule has 6 nitrogen and oxygen atoms in total. The van der Waals surface area contributed by atoms with Crippen LogP contribution in [-0.4, -0.2) is 43.9 Å². The smallest absolute Gasteiger partial charge is 0.255 e. The van der Waals surface area contributed by atoms with Crippen LogP contribution in [0.2, 0.25) is 5.02 Å². The van der Waals surface area contributed by atoms with Gasteiger partial charge in [0.2, 0.25) is 10.0 Å². The minimum atomic E-state index is -3.88. The van der Waals surface area contributed by atoms with Gasteiger partial charge in [-0.1, -0.05) is 48.0 Å². The lowest BCUT2D eigenvalue weighted by Crippen LogP contribution is -2.48. The fraction of sp³-hybridized carbons (Fsp3) is 0.261. The molecule has 0 aliphatic carbocycles. The molecule has 0 spiro atoms. The number of fused-ring (bicyclic) bond motifs is 1. The van der Waals surface area contributed by atoms with E-state index in [2.05, 4.69) is 5.32 Å². The first-order valence-electron chi connectivity index (χ1n) is 10.00. The predicted octanol–water partition coefficient (Wildman–Crippen LogP) is 4.54. The van der Waals surface area contributed by atoms with Gasteiger partial charge in [0, 0.05) is 29.7 Å². The summed E-state index contributed by atoms with van der Waals surface area (Å²) in [5, 5.41) is 4.85. The van der Waals surface area contributed by atoms with E-state index in [1.807, 2.05) is 56.3 Å². The minimum Gasteiger partial charge on any atom is -0.373 e. The fourth-order valence-corrected chi connectivity index (χ4v) is 5.93. The van der Waals surface area contributed by atoms with Crippen molar-refractivity contribution >= 4 is 44.0 Å². The Morgan fingerprint density at radius 1 is 1.03 bits per heavy atom. The van der Waals surface area contributed by atoms with E-state index in [1.54, 1.807) is 0 Å². The normalized spacial score (nSPS) is 20.0. The molecule has 0 saturated carbocycles. The van der Waals surface area contributed by atoms with E-state index in [0.717, 1.165) is 10.8 Å². The Morgan fingerprint density at radius 2 is 1.71 bits per heavy atom. The molecule has 8 heteroatoms. The van der Waals surface area contributed by atoms with E-state index in [4.69, 9.17) is 16.3 Å². The molecule has 4 rings (SSSR count). The molecule has 162 valence electrons. The van der Waals surface area contributed by atoms with Crippen molar-refractivity contribution in [1.82, 2.24) is 4.31 Å². The number of ether oxygens (including phenoxy) is 1. The van der Waals surface area contributed by atoms with Gasteiger partial charge in [-0.05, 0) is 43.5 Å². The maximum atomic E-state index is 13.3. The minimum absolute atomic E-state index is 0.0773. The molecule has 2 atom stereocenters. The van der Waals surface area contributed by atoms with Crippen LogP contribution >= 0.6 is 11.6 Å². The number of anilines is 1. The zero-order valence-electron chi connectivity index (χ0n) is 17.2. The zero-order chi connectivity index (χ0) is 22.2. The van der Waals surface area contributed by atoms with Gasteiger partial charge in [0.25, 0.3) is 5.91 Å². The molecular weight excluding hydrogens is 436 g/mol. The number of rotatable bonds is 4. The molecule has 2 unspecified atom stereocenters. The number of carbonyl (C=O) groups is 1. The molecule has 0 aromatic heterocycles. The van der Waals surface area contributed by atoms with Crippen LogP contribution in [0.15, 0.2) is 65.6 Å². The Morgan fingerprint density at radius 3 is 2.45 bits per heavy atom. The molecule has 1 N–H and O–H groups in total. The number of sulfonamides is 1.